The molecule has 1 unspecified atom stereocenters. The van der Waals surface area contributed by atoms with Crippen LogP contribution >= 0.6 is 12.4 Å². The number of halogens is 2. The number of likely N-dealkylation sites (N-methyl/N-ethyl adjacent to an activating group) is 1. The highest BCUT2D eigenvalue weighted by atomic mass is 35.5. The number of ether oxygens (including phenoxy) is 1. The fraction of sp³-hybridized carbons (Fsp3) is 0.529. The first-order valence-corrected chi connectivity index (χ1v) is 7.87. The van der Waals surface area contributed by atoms with Gasteiger partial charge in [0.05, 0.1) is 7.11 Å². The molecule has 1 heterocycles. The van der Waals surface area contributed by atoms with Gasteiger partial charge >= 0.3 is 0 Å². The highest BCUT2D eigenvalue weighted by Gasteiger charge is 2.23. The molecule has 134 valence electrons. The lowest BCUT2D eigenvalue weighted by Gasteiger charge is -2.32. The second-order valence-corrected chi connectivity index (χ2v) is 5.74. The van der Waals surface area contributed by atoms with E-state index in [0.29, 0.717) is 12.6 Å². The number of Topliss-reactive ketones (excluding diaryl/α,β-unsaturated/α-hetero) is 1. The zero-order chi connectivity index (χ0) is 16.8. The highest BCUT2D eigenvalue weighted by molar-refractivity contribution is 5.98. The Morgan fingerprint density at radius 3 is 2.75 bits per heavy atom. The number of likely N-dealkylation sites (tertiary alicyclic amines) is 1. The van der Waals surface area contributed by atoms with Crippen LogP contribution in [0, 0.1) is 5.82 Å². The third-order valence-corrected chi connectivity index (χ3v) is 4.22. The first-order chi connectivity index (χ1) is 11.0. The Hall–Kier alpha value is -1.66. The molecule has 1 aliphatic heterocycles. The zero-order valence-corrected chi connectivity index (χ0v) is 14.8. The molecule has 1 aliphatic rings. The normalized spacial score (nSPS) is 17.1. The second-order valence-electron chi connectivity index (χ2n) is 5.74. The van der Waals surface area contributed by atoms with Gasteiger partial charge in [0.2, 0.25) is 5.91 Å². The monoisotopic (exact) mass is 358 g/mol. The summed E-state index contributed by atoms with van der Waals surface area (Å²) in [4.78, 5) is 26.1. The van der Waals surface area contributed by atoms with E-state index in [1.165, 1.54) is 19.2 Å². The van der Waals surface area contributed by atoms with E-state index in [2.05, 4.69) is 5.32 Å². The van der Waals surface area contributed by atoms with Gasteiger partial charge in [-0.1, -0.05) is 0 Å². The SMILES string of the molecule is CNC1CCCN(C(=O)CCC(=O)c2ccc(OC)c(F)c2)C1.Cl. The van der Waals surface area contributed by atoms with Crippen molar-refractivity contribution >= 4 is 24.1 Å². The third-order valence-electron chi connectivity index (χ3n) is 4.22. The van der Waals surface area contributed by atoms with Gasteiger partial charge in [0.1, 0.15) is 0 Å². The summed E-state index contributed by atoms with van der Waals surface area (Å²) >= 11 is 0. The molecule has 1 saturated heterocycles. The molecule has 2 rings (SSSR count). The Kier molecular flexibility index (Phi) is 8.15. The van der Waals surface area contributed by atoms with Gasteiger partial charge in [0, 0.05) is 37.5 Å². The molecule has 7 heteroatoms. The van der Waals surface area contributed by atoms with Crippen LogP contribution in [0.1, 0.15) is 36.0 Å². The van der Waals surface area contributed by atoms with Gasteiger partial charge in [-0.25, -0.2) is 4.39 Å². The molecular formula is C17H24ClFN2O3. The number of amides is 1. The van der Waals surface area contributed by atoms with Crippen molar-refractivity contribution < 1.29 is 18.7 Å². The predicted molar refractivity (Wildman–Crippen MR) is 92.4 cm³/mol. The zero-order valence-electron chi connectivity index (χ0n) is 14.0. The van der Waals surface area contributed by atoms with E-state index in [4.69, 9.17) is 4.74 Å². The number of benzene rings is 1. The van der Waals surface area contributed by atoms with Gasteiger partial charge in [0.25, 0.3) is 0 Å². The number of hydrogen-bond donors (Lipinski definition) is 1. The van der Waals surface area contributed by atoms with E-state index in [1.807, 2.05) is 7.05 Å². The van der Waals surface area contributed by atoms with Gasteiger partial charge in [-0.3, -0.25) is 9.59 Å². The van der Waals surface area contributed by atoms with E-state index < -0.39 is 5.82 Å². The molecule has 5 nitrogen and oxygen atoms in total. The fourth-order valence-electron chi connectivity index (χ4n) is 2.80. The van der Waals surface area contributed by atoms with Crippen molar-refractivity contribution in [2.24, 2.45) is 0 Å². The molecule has 0 aromatic heterocycles. The standard InChI is InChI=1S/C17H23FN2O3.ClH/c1-19-13-4-3-9-20(11-13)17(22)8-6-15(21)12-5-7-16(23-2)14(18)10-12;/h5,7,10,13,19H,3-4,6,8-9,11H2,1-2H3;1H. The van der Waals surface area contributed by atoms with Crippen molar-refractivity contribution in [3.63, 3.8) is 0 Å². The molecule has 1 N–H and O–H groups in total. The largest absolute Gasteiger partial charge is 0.494 e. The smallest absolute Gasteiger partial charge is 0.223 e. The summed E-state index contributed by atoms with van der Waals surface area (Å²) < 4.78 is 18.4. The molecule has 0 radical (unpaired) electrons. The molecule has 24 heavy (non-hydrogen) atoms. The van der Waals surface area contributed by atoms with Crippen molar-refractivity contribution in [2.75, 3.05) is 27.2 Å². The Morgan fingerprint density at radius 1 is 1.38 bits per heavy atom. The van der Waals surface area contributed by atoms with Crippen molar-refractivity contribution in [2.45, 2.75) is 31.7 Å². The van der Waals surface area contributed by atoms with Gasteiger partial charge in [-0.15, -0.1) is 12.4 Å². The lowest BCUT2D eigenvalue weighted by atomic mass is 10.0. The molecule has 1 atom stereocenters. The number of methoxy groups -OCH3 is 1. The van der Waals surface area contributed by atoms with E-state index in [-0.39, 0.29) is 48.3 Å². The Morgan fingerprint density at radius 2 is 2.12 bits per heavy atom. The molecule has 0 spiro atoms. The molecular weight excluding hydrogens is 335 g/mol. The fourth-order valence-corrected chi connectivity index (χ4v) is 2.80. The summed E-state index contributed by atoms with van der Waals surface area (Å²) in [6.45, 7) is 1.42. The maximum Gasteiger partial charge on any atom is 0.223 e. The number of carbonyl (C=O) groups excluding carboxylic acids is 2. The lowest BCUT2D eigenvalue weighted by Crippen LogP contribution is -2.47. The molecule has 1 fully saturated rings. The van der Waals surface area contributed by atoms with E-state index >= 15 is 0 Å². The topological polar surface area (TPSA) is 58.6 Å². The van der Waals surface area contributed by atoms with Gasteiger partial charge in [-0.2, -0.15) is 0 Å². The molecule has 1 aromatic rings. The minimum atomic E-state index is -0.572. The number of carbonyl (C=O) groups is 2. The Balaban J connectivity index is 0.00000288. The Labute approximate surface area is 148 Å². The minimum Gasteiger partial charge on any atom is -0.494 e. The number of nitrogens with zero attached hydrogens (tertiary/aromatic N) is 1. The molecule has 1 amide bonds. The number of ketones is 1. The van der Waals surface area contributed by atoms with Crippen molar-refractivity contribution in [1.29, 1.82) is 0 Å². The first-order valence-electron chi connectivity index (χ1n) is 7.87. The van der Waals surface area contributed by atoms with Crippen molar-refractivity contribution in [1.82, 2.24) is 10.2 Å². The second kappa shape index (κ2) is 9.59. The van der Waals surface area contributed by atoms with Gasteiger partial charge in [-0.05, 0) is 38.1 Å². The number of hydrogen-bond acceptors (Lipinski definition) is 4. The van der Waals surface area contributed by atoms with Crippen molar-refractivity contribution in [3.05, 3.63) is 29.6 Å². The predicted octanol–water partition coefficient (Wildman–Crippen LogP) is 2.43. The summed E-state index contributed by atoms with van der Waals surface area (Å²) in [6.07, 6.45) is 2.27. The van der Waals surface area contributed by atoms with Crippen LogP contribution in [0.15, 0.2) is 18.2 Å². The maximum absolute atomic E-state index is 13.6. The average Bonchev–Trinajstić information content (AvgIpc) is 2.59. The third kappa shape index (κ3) is 5.18. The van der Waals surface area contributed by atoms with Crippen LogP contribution in [0.5, 0.6) is 5.75 Å². The van der Waals surface area contributed by atoms with Crippen LogP contribution in [-0.4, -0.2) is 49.9 Å². The highest BCUT2D eigenvalue weighted by Crippen LogP contribution is 2.19. The van der Waals surface area contributed by atoms with Crippen LogP contribution in [0.25, 0.3) is 0 Å². The van der Waals surface area contributed by atoms with Crippen LogP contribution in [0.2, 0.25) is 0 Å². The Bertz CT molecular complexity index is 583. The summed E-state index contributed by atoms with van der Waals surface area (Å²) in [5.41, 5.74) is 0.267. The molecule has 0 aliphatic carbocycles. The van der Waals surface area contributed by atoms with Crippen LogP contribution in [0.4, 0.5) is 4.39 Å². The average molecular weight is 359 g/mol. The first kappa shape index (κ1) is 20.4. The number of piperidine rings is 1. The quantitative estimate of drug-likeness (QED) is 0.793. The van der Waals surface area contributed by atoms with Gasteiger partial charge < -0.3 is 15.0 Å². The van der Waals surface area contributed by atoms with E-state index in [1.54, 1.807) is 4.90 Å². The van der Waals surface area contributed by atoms with E-state index in [0.717, 1.165) is 25.5 Å². The molecule has 1 aromatic carbocycles. The molecule has 0 bridgehead atoms. The minimum absolute atomic E-state index is 0. The van der Waals surface area contributed by atoms with Gasteiger partial charge in [0.15, 0.2) is 17.3 Å². The summed E-state index contributed by atoms with van der Waals surface area (Å²) in [5.74, 6) is -0.726. The van der Waals surface area contributed by atoms with Crippen molar-refractivity contribution in [3.8, 4) is 5.75 Å². The summed E-state index contributed by atoms with van der Waals surface area (Å²) in [7, 11) is 3.26. The summed E-state index contributed by atoms with van der Waals surface area (Å²) in [6, 6.07) is 4.42. The van der Waals surface area contributed by atoms with Crippen LogP contribution in [0.3, 0.4) is 0 Å². The van der Waals surface area contributed by atoms with Crippen LogP contribution in [-0.2, 0) is 4.79 Å². The lowest BCUT2D eigenvalue weighted by molar-refractivity contribution is -0.132. The number of nitrogens with one attached hydrogen (secondary N) is 1. The van der Waals surface area contributed by atoms with Crippen LogP contribution < -0.4 is 10.1 Å². The molecule has 0 saturated carbocycles. The van der Waals surface area contributed by atoms with E-state index in [9.17, 15) is 14.0 Å². The summed E-state index contributed by atoms with van der Waals surface area (Å²) in [5, 5.41) is 3.18. The number of rotatable bonds is 6. The maximum atomic E-state index is 13.6.